The molecule has 19 heavy (non-hydrogen) atoms. The van der Waals surface area contributed by atoms with Crippen molar-refractivity contribution in [3.05, 3.63) is 0 Å². The summed E-state index contributed by atoms with van der Waals surface area (Å²) in [5.74, 6) is 0.810. The Morgan fingerprint density at radius 2 is 2.00 bits per heavy atom. The largest absolute Gasteiger partial charge is 0.381 e. The first-order valence-corrected chi connectivity index (χ1v) is 8.24. The van der Waals surface area contributed by atoms with Crippen LogP contribution in [0.15, 0.2) is 4.99 Å². The number of carbonyl (C=O) groups excluding carboxylic acids is 1. The van der Waals surface area contributed by atoms with Gasteiger partial charge in [-0.25, -0.2) is 0 Å². The van der Waals surface area contributed by atoms with Crippen LogP contribution in [0, 0.1) is 5.92 Å². The second-order valence-corrected chi connectivity index (χ2v) is 7.19. The molecule has 2 heterocycles. The average molecular weight is 282 g/mol. The minimum absolute atomic E-state index is 0.0481. The van der Waals surface area contributed by atoms with Crippen LogP contribution in [-0.4, -0.2) is 35.6 Å². The number of thioether (sulfide) groups is 1. The zero-order valence-electron chi connectivity index (χ0n) is 11.3. The highest BCUT2D eigenvalue weighted by Gasteiger charge is 2.46. The van der Waals surface area contributed by atoms with E-state index < -0.39 is 0 Å². The number of hydrogen-bond donors (Lipinski definition) is 1. The molecule has 0 radical (unpaired) electrons. The van der Waals surface area contributed by atoms with E-state index in [1.807, 2.05) is 0 Å². The molecule has 0 bridgehead atoms. The van der Waals surface area contributed by atoms with Gasteiger partial charge in [0.2, 0.25) is 0 Å². The second kappa shape index (κ2) is 5.83. The minimum atomic E-state index is -0.312. The summed E-state index contributed by atoms with van der Waals surface area (Å²) >= 11 is 1.64. The van der Waals surface area contributed by atoms with Gasteiger partial charge in [0.1, 0.15) is 4.75 Å². The highest BCUT2D eigenvalue weighted by Crippen LogP contribution is 2.41. The maximum Gasteiger partial charge on any atom is 0.264 e. The Balaban J connectivity index is 1.52. The van der Waals surface area contributed by atoms with Crippen LogP contribution in [-0.2, 0) is 9.53 Å². The normalized spacial score (nSPS) is 27.6. The van der Waals surface area contributed by atoms with Crippen LogP contribution in [0.5, 0.6) is 0 Å². The van der Waals surface area contributed by atoms with Crippen LogP contribution in [0.25, 0.3) is 0 Å². The first-order valence-electron chi connectivity index (χ1n) is 7.42. The number of hydrogen-bond acceptors (Lipinski definition) is 4. The highest BCUT2D eigenvalue weighted by atomic mass is 32.2. The maximum atomic E-state index is 12.1. The molecule has 2 aliphatic heterocycles. The van der Waals surface area contributed by atoms with E-state index in [4.69, 9.17) is 4.74 Å². The van der Waals surface area contributed by atoms with E-state index in [9.17, 15) is 4.79 Å². The van der Waals surface area contributed by atoms with E-state index in [1.165, 1.54) is 32.1 Å². The Morgan fingerprint density at radius 3 is 2.74 bits per heavy atom. The van der Waals surface area contributed by atoms with Crippen molar-refractivity contribution in [1.29, 1.82) is 0 Å². The Labute approximate surface area is 118 Å². The number of amides is 1. The van der Waals surface area contributed by atoms with Crippen LogP contribution in [0.4, 0.5) is 0 Å². The molecule has 0 atom stereocenters. The van der Waals surface area contributed by atoms with Gasteiger partial charge in [-0.1, -0.05) is 31.0 Å². The number of aliphatic imine (C=N–C) groups is 1. The second-order valence-electron chi connectivity index (χ2n) is 5.82. The number of ether oxygens (including phenoxy) is 1. The average Bonchev–Trinajstić information content (AvgIpc) is 2.75. The molecule has 0 aromatic heterocycles. The van der Waals surface area contributed by atoms with Crippen molar-refractivity contribution in [2.75, 3.05) is 19.8 Å². The van der Waals surface area contributed by atoms with E-state index in [0.717, 1.165) is 30.5 Å². The topological polar surface area (TPSA) is 50.7 Å². The number of rotatable bonds is 2. The van der Waals surface area contributed by atoms with Gasteiger partial charge in [-0.3, -0.25) is 4.79 Å². The number of carbonyl (C=O) groups is 1. The van der Waals surface area contributed by atoms with E-state index in [0.29, 0.717) is 13.2 Å². The van der Waals surface area contributed by atoms with E-state index >= 15 is 0 Å². The lowest BCUT2D eigenvalue weighted by Gasteiger charge is -2.29. The SMILES string of the molecule is O=C1N=C(NCC2CCCCC2)SC12CCOCC2. The molecule has 5 heteroatoms. The summed E-state index contributed by atoms with van der Waals surface area (Å²) in [5.41, 5.74) is 0. The van der Waals surface area contributed by atoms with Crippen LogP contribution in [0.2, 0.25) is 0 Å². The lowest BCUT2D eigenvalue weighted by molar-refractivity contribution is -0.122. The first-order chi connectivity index (χ1) is 9.28. The molecular weight excluding hydrogens is 260 g/mol. The van der Waals surface area contributed by atoms with E-state index in [-0.39, 0.29) is 10.7 Å². The number of nitrogens with zero attached hydrogens (tertiary/aromatic N) is 1. The monoisotopic (exact) mass is 282 g/mol. The molecule has 2 fully saturated rings. The fourth-order valence-electron chi connectivity index (χ4n) is 3.16. The van der Waals surface area contributed by atoms with Gasteiger partial charge in [0.25, 0.3) is 5.91 Å². The summed E-state index contributed by atoms with van der Waals surface area (Å²) in [6.45, 7) is 2.35. The molecule has 4 nitrogen and oxygen atoms in total. The molecule has 1 saturated heterocycles. The molecule has 3 rings (SSSR count). The number of nitrogens with one attached hydrogen (secondary N) is 1. The van der Waals surface area contributed by atoms with Gasteiger partial charge in [-0.2, -0.15) is 4.99 Å². The highest BCUT2D eigenvalue weighted by molar-refractivity contribution is 8.16. The molecule has 0 aromatic rings. The summed E-state index contributed by atoms with van der Waals surface area (Å²) < 4.78 is 5.05. The summed E-state index contributed by atoms with van der Waals surface area (Å²) in [7, 11) is 0. The number of amidine groups is 1. The van der Waals surface area contributed by atoms with Crippen LogP contribution >= 0.6 is 11.8 Å². The van der Waals surface area contributed by atoms with Gasteiger partial charge in [0.05, 0.1) is 0 Å². The molecule has 1 amide bonds. The molecule has 1 N–H and O–H groups in total. The fourth-order valence-corrected chi connectivity index (χ4v) is 4.32. The van der Waals surface area contributed by atoms with Gasteiger partial charge in [-0.05, 0) is 31.6 Å². The van der Waals surface area contributed by atoms with Crippen LogP contribution in [0.3, 0.4) is 0 Å². The lowest BCUT2D eigenvalue weighted by Crippen LogP contribution is -2.38. The zero-order valence-corrected chi connectivity index (χ0v) is 12.1. The van der Waals surface area contributed by atoms with Gasteiger partial charge in [-0.15, -0.1) is 0 Å². The molecule has 1 spiro atoms. The van der Waals surface area contributed by atoms with Gasteiger partial charge in [0, 0.05) is 19.8 Å². The van der Waals surface area contributed by atoms with Crippen molar-refractivity contribution >= 4 is 22.8 Å². The summed E-state index contributed by atoms with van der Waals surface area (Å²) in [4.78, 5) is 16.3. The lowest BCUT2D eigenvalue weighted by atomic mass is 9.89. The van der Waals surface area contributed by atoms with Gasteiger partial charge >= 0.3 is 0 Å². The third kappa shape index (κ3) is 2.97. The predicted octanol–water partition coefficient (Wildman–Crippen LogP) is 2.33. The van der Waals surface area contributed by atoms with E-state index in [2.05, 4.69) is 10.3 Å². The Morgan fingerprint density at radius 1 is 1.26 bits per heavy atom. The quantitative estimate of drug-likeness (QED) is 0.844. The van der Waals surface area contributed by atoms with Crippen LogP contribution in [0.1, 0.15) is 44.9 Å². The van der Waals surface area contributed by atoms with Crippen LogP contribution < -0.4 is 5.32 Å². The zero-order chi connectivity index (χ0) is 13.1. The first kappa shape index (κ1) is 13.4. The molecular formula is C14H22N2O2S. The third-order valence-corrected chi connectivity index (χ3v) is 5.85. The molecule has 106 valence electrons. The standard InChI is InChI=1S/C14H22N2O2S/c17-12-14(6-8-18-9-7-14)19-13(16-12)15-10-11-4-2-1-3-5-11/h11H,1-10H2,(H,15,16,17). The predicted molar refractivity (Wildman–Crippen MR) is 77.4 cm³/mol. The minimum Gasteiger partial charge on any atom is -0.381 e. The summed E-state index contributed by atoms with van der Waals surface area (Å²) in [5, 5.41) is 4.25. The molecule has 0 unspecified atom stereocenters. The van der Waals surface area contributed by atoms with Crippen molar-refractivity contribution < 1.29 is 9.53 Å². The summed E-state index contributed by atoms with van der Waals surface area (Å²) in [6.07, 6.45) is 8.32. The Kier molecular flexibility index (Phi) is 4.12. The van der Waals surface area contributed by atoms with Crippen molar-refractivity contribution in [3.8, 4) is 0 Å². The smallest absolute Gasteiger partial charge is 0.264 e. The van der Waals surface area contributed by atoms with Crippen molar-refractivity contribution in [2.45, 2.75) is 49.7 Å². The van der Waals surface area contributed by atoms with Crippen molar-refractivity contribution in [1.82, 2.24) is 5.32 Å². The molecule has 1 aliphatic carbocycles. The molecule has 3 aliphatic rings. The third-order valence-electron chi connectivity index (χ3n) is 4.45. The van der Waals surface area contributed by atoms with E-state index in [1.54, 1.807) is 11.8 Å². The fraction of sp³-hybridized carbons (Fsp3) is 0.857. The molecule has 1 saturated carbocycles. The van der Waals surface area contributed by atoms with Gasteiger partial charge < -0.3 is 10.1 Å². The Hall–Kier alpha value is -0.550. The maximum absolute atomic E-state index is 12.1. The molecule has 0 aromatic carbocycles. The van der Waals surface area contributed by atoms with Gasteiger partial charge in [0.15, 0.2) is 5.17 Å². The van der Waals surface area contributed by atoms with Crippen molar-refractivity contribution in [2.24, 2.45) is 10.9 Å². The summed E-state index contributed by atoms with van der Waals surface area (Å²) in [6, 6.07) is 0. The van der Waals surface area contributed by atoms with Crippen molar-refractivity contribution in [3.63, 3.8) is 0 Å². The Bertz CT molecular complexity index is 372.